The fourth-order valence-corrected chi connectivity index (χ4v) is 2.28. The first-order chi connectivity index (χ1) is 9.19. The van der Waals surface area contributed by atoms with E-state index in [2.05, 4.69) is 10.1 Å². The molecule has 1 heterocycles. The summed E-state index contributed by atoms with van der Waals surface area (Å²) >= 11 is 7.24. The van der Waals surface area contributed by atoms with Crippen molar-refractivity contribution in [2.45, 2.75) is 11.9 Å². The van der Waals surface area contributed by atoms with Gasteiger partial charge in [-0.2, -0.15) is 16.7 Å². The monoisotopic (exact) mass is 300 g/mol. The van der Waals surface area contributed by atoms with Crippen molar-refractivity contribution in [3.8, 4) is 11.5 Å². The summed E-state index contributed by atoms with van der Waals surface area (Å²) in [6.07, 6.45) is -0.715. The Hall–Kier alpha value is -1.08. The fourth-order valence-electron chi connectivity index (χ4n) is 1.36. The molecule has 0 amide bonds. The van der Waals surface area contributed by atoms with Gasteiger partial charge in [0.2, 0.25) is 0 Å². The van der Waals surface area contributed by atoms with Gasteiger partial charge >= 0.3 is 0 Å². The van der Waals surface area contributed by atoms with Crippen LogP contribution < -0.4 is 0 Å². The Kier molecular flexibility index (Phi) is 5.21. The van der Waals surface area contributed by atoms with Crippen molar-refractivity contribution in [2.24, 2.45) is 0 Å². The molecule has 0 aliphatic heterocycles. The first-order valence-corrected chi connectivity index (χ1v) is 7.17. The maximum Gasteiger partial charge on any atom is 0.257 e. The standard InChI is InChI=1S/C12H13ClN2O3S/c13-9-3-1-8(2-4-9)12-14-11(15-18-12)7-19-6-10(17)5-16/h1-4,10,16-17H,5-7H2. The molecule has 0 saturated heterocycles. The SMILES string of the molecule is OCC(O)CSCc1noc(-c2ccc(Cl)cc2)n1. The highest BCUT2D eigenvalue weighted by molar-refractivity contribution is 7.98. The molecule has 7 heteroatoms. The average molecular weight is 301 g/mol. The topological polar surface area (TPSA) is 79.4 Å². The zero-order valence-corrected chi connectivity index (χ0v) is 11.6. The lowest BCUT2D eigenvalue weighted by molar-refractivity contribution is 0.113. The fraction of sp³-hybridized carbons (Fsp3) is 0.333. The molecule has 1 aromatic carbocycles. The van der Waals surface area contributed by atoms with Crippen LogP contribution in [0, 0.1) is 0 Å². The highest BCUT2D eigenvalue weighted by Gasteiger charge is 2.09. The number of thioether (sulfide) groups is 1. The Labute approximate surface area is 119 Å². The van der Waals surface area contributed by atoms with E-state index in [-0.39, 0.29) is 6.61 Å². The van der Waals surface area contributed by atoms with Crippen molar-refractivity contribution in [3.05, 3.63) is 35.1 Å². The van der Waals surface area contributed by atoms with Crippen LogP contribution in [0.3, 0.4) is 0 Å². The Morgan fingerprint density at radius 3 is 2.74 bits per heavy atom. The minimum Gasteiger partial charge on any atom is -0.394 e. The second kappa shape index (κ2) is 6.91. The van der Waals surface area contributed by atoms with Gasteiger partial charge in [0.1, 0.15) is 0 Å². The molecule has 2 aromatic rings. The third-order valence-electron chi connectivity index (χ3n) is 2.31. The van der Waals surface area contributed by atoms with Crippen LogP contribution in [0.2, 0.25) is 5.02 Å². The molecular formula is C12H13ClN2O3S. The van der Waals surface area contributed by atoms with Gasteiger partial charge in [-0.05, 0) is 24.3 Å². The highest BCUT2D eigenvalue weighted by Crippen LogP contribution is 2.21. The van der Waals surface area contributed by atoms with Crippen LogP contribution in [0.25, 0.3) is 11.5 Å². The van der Waals surface area contributed by atoms with E-state index in [0.717, 1.165) is 5.56 Å². The first kappa shape index (κ1) is 14.3. The van der Waals surface area contributed by atoms with E-state index in [1.807, 2.05) is 12.1 Å². The Morgan fingerprint density at radius 2 is 2.05 bits per heavy atom. The van der Waals surface area contributed by atoms with Gasteiger partial charge in [0, 0.05) is 16.3 Å². The van der Waals surface area contributed by atoms with E-state index in [1.165, 1.54) is 11.8 Å². The van der Waals surface area contributed by atoms with Crippen molar-refractivity contribution < 1.29 is 14.7 Å². The summed E-state index contributed by atoms with van der Waals surface area (Å²) in [6.45, 7) is -0.241. The van der Waals surface area contributed by atoms with E-state index in [9.17, 15) is 5.11 Å². The number of hydrogen-bond acceptors (Lipinski definition) is 6. The normalized spacial score (nSPS) is 12.6. The number of aliphatic hydroxyl groups excluding tert-OH is 2. The number of nitrogens with zero attached hydrogens (tertiary/aromatic N) is 2. The molecule has 0 aliphatic rings. The lowest BCUT2D eigenvalue weighted by atomic mass is 10.2. The Bertz CT molecular complexity index is 518. The van der Waals surface area contributed by atoms with Crippen LogP contribution in [0.15, 0.2) is 28.8 Å². The molecule has 0 radical (unpaired) electrons. The molecular weight excluding hydrogens is 288 g/mol. The quantitative estimate of drug-likeness (QED) is 0.849. The van der Waals surface area contributed by atoms with Crippen LogP contribution in [0.4, 0.5) is 0 Å². The van der Waals surface area contributed by atoms with Crippen LogP contribution in [-0.2, 0) is 5.75 Å². The average Bonchev–Trinajstić information content (AvgIpc) is 2.88. The van der Waals surface area contributed by atoms with Gasteiger partial charge in [-0.1, -0.05) is 16.8 Å². The molecule has 1 atom stereocenters. The van der Waals surface area contributed by atoms with E-state index in [4.69, 9.17) is 21.2 Å². The van der Waals surface area contributed by atoms with Gasteiger partial charge in [-0.15, -0.1) is 0 Å². The number of aromatic nitrogens is 2. The largest absolute Gasteiger partial charge is 0.394 e. The van der Waals surface area contributed by atoms with E-state index >= 15 is 0 Å². The van der Waals surface area contributed by atoms with Crippen molar-refractivity contribution in [2.75, 3.05) is 12.4 Å². The Morgan fingerprint density at radius 1 is 1.32 bits per heavy atom. The third kappa shape index (κ3) is 4.21. The van der Waals surface area contributed by atoms with Gasteiger partial charge in [-0.3, -0.25) is 0 Å². The molecule has 2 rings (SSSR count). The number of halogens is 1. The van der Waals surface area contributed by atoms with Gasteiger partial charge in [0.05, 0.1) is 18.5 Å². The molecule has 1 unspecified atom stereocenters. The molecule has 1 aromatic heterocycles. The lowest BCUT2D eigenvalue weighted by Crippen LogP contribution is -2.14. The summed E-state index contributed by atoms with van der Waals surface area (Å²) in [5, 5.41) is 22.4. The summed E-state index contributed by atoms with van der Waals surface area (Å²) in [4.78, 5) is 4.25. The van der Waals surface area contributed by atoms with Crippen LogP contribution in [0.1, 0.15) is 5.82 Å². The van der Waals surface area contributed by atoms with Crippen LogP contribution >= 0.6 is 23.4 Å². The summed E-state index contributed by atoms with van der Waals surface area (Å²) in [7, 11) is 0. The molecule has 5 nitrogen and oxygen atoms in total. The number of aliphatic hydroxyl groups is 2. The van der Waals surface area contributed by atoms with Crippen molar-refractivity contribution in [3.63, 3.8) is 0 Å². The number of rotatable bonds is 6. The van der Waals surface area contributed by atoms with Crippen LogP contribution in [-0.4, -0.2) is 38.8 Å². The van der Waals surface area contributed by atoms with Crippen LogP contribution in [0.5, 0.6) is 0 Å². The molecule has 2 N–H and O–H groups in total. The second-order valence-electron chi connectivity index (χ2n) is 3.87. The maximum atomic E-state index is 9.20. The summed E-state index contributed by atoms with van der Waals surface area (Å²) in [5.74, 6) is 1.95. The smallest absolute Gasteiger partial charge is 0.257 e. The minimum atomic E-state index is -0.715. The summed E-state index contributed by atoms with van der Waals surface area (Å²) < 4.78 is 5.15. The molecule has 0 spiro atoms. The lowest BCUT2D eigenvalue weighted by Gasteiger charge is -2.03. The molecule has 102 valence electrons. The second-order valence-corrected chi connectivity index (χ2v) is 5.34. The van der Waals surface area contributed by atoms with Gasteiger partial charge in [-0.25, -0.2) is 0 Å². The predicted octanol–water partition coefficient (Wildman–Crippen LogP) is 1.98. The molecule has 0 bridgehead atoms. The molecule has 0 fully saturated rings. The zero-order chi connectivity index (χ0) is 13.7. The van der Waals surface area contributed by atoms with Crippen molar-refractivity contribution in [1.29, 1.82) is 0 Å². The molecule has 19 heavy (non-hydrogen) atoms. The third-order valence-corrected chi connectivity index (χ3v) is 3.65. The molecule has 0 aliphatic carbocycles. The van der Waals surface area contributed by atoms with Crippen molar-refractivity contribution >= 4 is 23.4 Å². The van der Waals surface area contributed by atoms with E-state index in [1.54, 1.807) is 12.1 Å². The highest BCUT2D eigenvalue weighted by atomic mass is 35.5. The van der Waals surface area contributed by atoms with Gasteiger partial charge in [0.15, 0.2) is 5.82 Å². The molecule has 0 saturated carbocycles. The summed E-state index contributed by atoms with van der Waals surface area (Å²) in [5.41, 5.74) is 0.809. The predicted molar refractivity (Wildman–Crippen MR) is 74.0 cm³/mol. The van der Waals surface area contributed by atoms with Gasteiger partial charge < -0.3 is 14.7 Å². The van der Waals surface area contributed by atoms with E-state index in [0.29, 0.717) is 28.2 Å². The first-order valence-electron chi connectivity index (χ1n) is 5.64. The minimum absolute atomic E-state index is 0.241. The van der Waals surface area contributed by atoms with Crippen molar-refractivity contribution in [1.82, 2.24) is 10.1 Å². The maximum absolute atomic E-state index is 9.20. The Balaban J connectivity index is 1.93. The number of hydrogen-bond donors (Lipinski definition) is 2. The number of benzene rings is 1. The van der Waals surface area contributed by atoms with Gasteiger partial charge in [0.25, 0.3) is 5.89 Å². The zero-order valence-electron chi connectivity index (χ0n) is 9.99. The summed E-state index contributed by atoms with van der Waals surface area (Å²) in [6, 6.07) is 7.13. The van der Waals surface area contributed by atoms with E-state index < -0.39 is 6.10 Å².